The number of rotatable bonds is 7. The van der Waals surface area contributed by atoms with E-state index >= 15 is 0 Å². The van der Waals surface area contributed by atoms with Gasteiger partial charge in [0.15, 0.2) is 5.17 Å². The standard InChI is InChI=1S/C22H34ClN3S/c23-20-12-10-19(11-13-20)18-26(17-7-16-25-14-5-2-6-15-25)22(27)24-21-8-3-1-4-9-21/h10-13,21H,1-9,14-18H2,(H,24,27). The van der Waals surface area contributed by atoms with Crippen LogP contribution in [0.4, 0.5) is 0 Å². The number of thiol groups is 1. The van der Waals surface area contributed by atoms with Crippen molar-refractivity contribution in [2.45, 2.75) is 70.4 Å². The minimum absolute atomic E-state index is 0.459. The van der Waals surface area contributed by atoms with Crippen molar-refractivity contribution in [2.24, 2.45) is 4.99 Å². The van der Waals surface area contributed by atoms with Gasteiger partial charge < -0.3 is 9.80 Å². The molecule has 1 aromatic carbocycles. The lowest BCUT2D eigenvalue weighted by molar-refractivity contribution is 0.218. The van der Waals surface area contributed by atoms with Gasteiger partial charge in [-0.15, -0.1) is 12.6 Å². The van der Waals surface area contributed by atoms with E-state index in [0.717, 1.165) is 29.7 Å². The van der Waals surface area contributed by atoms with Crippen LogP contribution in [0.5, 0.6) is 0 Å². The van der Waals surface area contributed by atoms with Crippen LogP contribution in [0, 0.1) is 0 Å². The topological polar surface area (TPSA) is 18.8 Å². The zero-order chi connectivity index (χ0) is 18.9. The van der Waals surface area contributed by atoms with E-state index in [1.807, 2.05) is 12.1 Å². The molecule has 1 aliphatic heterocycles. The summed E-state index contributed by atoms with van der Waals surface area (Å²) < 4.78 is 0. The van der Waals surface area contributed by atoms with Gasteiger partial charge in [0.05, 0.1) is 6.04 Å². The van der Waals surface area contributed by atoms with Gasteiger partial charge >= 0.3 is 0 Å². The molecule has 5 heteroatoms. The van der Waals surface area contributed by atoms with E-state index in [-0.39, 0.29) is 0 Å². The average Bonchev–Trinajstić information content (AvgIpc) is 2.70. The van der Waals surface area contributed by atoms with Gasteiger partial charge in [0.1, 0.15) is 0 Å². The molecular formula is C22H34ClN3S. The average molecular weight is 408 g/mol. The number of benzene rings is 1. The van der Waals surface area contributed by atoms with Crippen molar-refractivity contribution in [3.63, 3.8) is 0 Å². The van der Waals surface area contributed by atoms with E-state index in [0.29, 0.717) is 6.04 Å². The molecule has 0 radical (unpaired) electrons. The van der Waals surface area contributed by atoms with Gasteiger partial charge in [-0.2, -0.15) is 0 Å². The normalized spacial score (nSPS) is 20.0. The summed E-state index contributed by atoms with van der Waals surface area (Å²) in [6, 6.07) is 8.63. The first kappa shape index (κ1) is 21.0. The van der Waals surface area contributed by atoms with Gasteiger partial charge in [-0.1, -0.05) is 49.4 Å². The molecule has 0 unspecified atom stereocenters. The molecule has 2 aliphatic rings. The molecule has 1 aliphatic carbocycles. The predicted octanol–water partition coefficient (Wildman–Crippen LogP) is 5.64. The summed E-state index contributed by atoms with van der Waals surface area (Å²) in [4.78, 5) is 9.95. The first-order valence-corrected chi connectivity index (χ1v) is 11.5. The van der Waals surface area contributed by atoms with Crippen molar-refractivity contribution in [1.29, 1.82) is 0 Å². The monoisotopic (exact) mass is 407 g/mol. The van der Waals surface area contributed by atoms with Crippen molar-refractivity contribution < 1.29 is 0 Å². The molecule has 0 spiro atoms. The maximum absolute atomic E-state index is 6.05. The van der Waals surface area contributed by atoms with Crippen LogP contribution in [0.15, 0.2) is 29.3 Å². The van der Waals surface area contributed by atoms with E-state index in [9.17, 15) is 0 Å². The first-order chi connectivity index (χ1) is 13.2. The van der Waals surface area contributed by atoms with Crippen molar-refractivity contribution in [2.75, 3.05) is 26.2 Å². The van der Waals surface area contributed by atoms with Crippen LogP contribution in [-0.4, -0.2) is 47.2 Å². The zero-order valence-corrected chi connectivity index (χ0v) is 18.1. The Kier molecular flexibility index (Phi) is 8.82. The van der Waals surface area contributed by atoms with E-state index in [1.165, 1.54) is 76.6 Å². The van der Waals surface area contributed by atoms with Crippen LogP contribution in [0.3, 0.4) is 0 Å². The van der Waals surface area contributed by atoms with E-state index in [2.05, 4.69) is 21.9 Å². The van der Waals surface area contributed by atoms with Gasteiger partial charge in [-0.05, 0) is 69.4 Å². The van der Waals surface area contributed by atoms with Crippen LogP contribution in [-0.2, 0) is 6.54 Å². The molecule has 0 amide bonds. The van der Waals surface area contributed by atoms with Gasteiger partial charge in [0.25, 0.3) is 0 Å². The van der Waals surface area contributed by atoms with Crippen LogP contribution in [0.2, 0.25) is 5.02 Å². The molecule has 1 saturated carbocycles. The molecule has 0 atom stereocenters. The molecule has 0 aromatic heterocycles. The lowest BCUT2D eigenvalue weighted by Crippen LogP contribution is -2.35. The Balaban J connectivity index is 1.59. The fraction of sp³-hybridized carbons (Fsp3) is 0.682. The summed E-state index contributed by atoms with van der Waals surface area (Å²) in [6.07, 6.45) is 11.7. The Morgan fingerprint density at radius 1 is 1.04 bits per heavy atom. The second kappa shape index (κ2) is 11.3. The maximum Gasteiger partial charge on any atom is 0.156 e. The van der Waals surface area contributed by atoms with Crippen molar-refractivity contribution in [3.05, 3.63) is 34.9 Å². The van der Waals surface area contributed by atoms with E-state index in [4.69, 9.17) is 29.2 Å². The quantitative estimate of drug-likeness (QED) is 0.358. The minimum atomic E-state index is 0.459. The first-order valence-electron chi connectivity index (χ1n) is 10.7. The largest absolute Gasteiger partial charge is 0.347 e. The number of likely N-dealkylation sites (tertiary alicyclic amines) is 1. The highest BCUT2D eigenvalue weighted by atomic mass is 35.5. The molecule has 0 bridgehead atoms. The third-order valence-electron chi connectivity index (χ3n) is 5.79. The Hall–Kier alpha value is -0.710. The van der Waals surface area contributed by atoms with Crippen LogP contribution < -0.4 is 0 Å². The SMILES string of the molecule is SC(=NC1CCCCC1)N(CCCN1CCCCC1)Cc1ccc(Cl)cc1. The summed E-state index contributed by atoms with van der Waals surface area (Å²) in [6.45, 7) is 5.57. The van der Waals surface area contributed by atoms with Crippen molar-refractivity contribution in [3.8, 4) is 0 Å². The molecule has 2 fully saturated rings. The number of hydrogen-bond acceptors (Lipinski definition) is 2. The fourth-order valence-corrected chi connectivity index (χ4v) is 4.64. The molecule has 1 aromatic rings. The Labute approximate surface area is 175 Å². The Morgan fingerprint density at radius 3 is 2.41 bits per heavy atom. The number of aliphatic imine (C=N–C) groups is 1. The molecule has 1 saturated heterocycles. The van der Waals surface area contributed by atoms with E-state index < -0.39 is 0 Å². The number of piperidine rings is 1. The maximum atomic E-state index is 6.05. The molecule has 150 valence electrons. The molecule has 3 rings (SSSR count). The van der Waals surface area contributed by atoms with Gasteiger partial charge in [-0.3, -0.25) is 4.99 Å². The van der Waals surface area contributed by atoms with Gasteiger partial charge in [0, 0.05) is 18.1 Å². The smallest absolute Gasteiger partial charge is 0.156 e. The summed E-state index contributed by atoms with van der Waals surface area (Å²) in [5.74, 6) is 0. The third-order valence-corrected chi connectivity index (χ3v) is 6.44. The highest BCUT2D eigenvalue weighted by Crippen LogP contribution is 2.22. The Bertz CT molecular complexity index is 578. The number of amidine groups is 1. The molecule has 0 N–H and O–H groups in total. The predicted molar refractivity (Wildman–Crippen MR) is 120 cm³/mol. The number of hydrogen-bond donors (Lipinski definition) is 1. The lowest BCUT2D eigenvalue weighted by atomic mass is 9.96. The van der Waals surface area contributed by atoms with Crippen molar-refractivity contribution in [1.82, 2.24) is 9.80 Å². The van der Waals surface area contributed by atoms with Crippen LogP contribution >= 0.6 is 24.2 Å². The lowest BCUT2D eigenvalue weighted by Gasteiger charge is -2.29. The summed E-state index contributed by atoms with van der Waals surface area (Å²) in [5, 5.41) is 1.70. The minimum Gasteiger partial charge on any atom is -0.347 e. The van der Waals surface area contributed by atoms with E-state index in [1.54, 1.807) is 0 Å². The summed E-state index contributed by atoms with van der Waals surface area (Å²) in [5.41, 5.74) is 1.27. The third kappa shape index (κ3) is 7.32. The fourth-order valence-electron chi connectivity index (χ4n) is 4.18. The molecule has 3 nitrogen and oxygen atoms in total. The highest BCUT2D eigenvalue weighted by molar-refractivity contribution is 7.96. The summed E-state index contributed by atoms with van der Waals surface area (Å²) >= 11 is 10.9. The van der Waals surface area contributed by atoms with Crippen LogP contribution in [0.1, 0.15) is 63.4 Å². The van der Waals surface area contributed by atoms with Crippen LogP contribution in [0.25, 0.3) is 0 Å². The molecule has 27 heavy (non-hydrogen) atoms. The van der Waals surface area contributed by atoms with Gasteiger partial charge in [-0.25, -0.2) is 0 Å². The number of nitrogens with zero attached hydrogens (tertiary/aromatic N) is 3. The number of halogens is 1. The molecular weight excluding hydrogens is 374 g/mol. The second-order valence-corrected chi connectivity index (χ2v) is 8.86. The zero-order valence-electron chi connectivity index (χ0n) is 16.5. The molecule has 1 heterocycles. The highest BCUT2D eigenvalue weighted by Gasteiger charge is 2.16. The summed E-state index contributed by atoms with van der Waals surface area (Å²) in [7, 11) is 0. The van der Waals surface area contributed by atoms with Gasteiger partial charge in [0.2, 0.25) is 0 Å². The second-order valence-electron chi connectivity index (χ2n) is 8.02. The Morgan fingerprint density at radius 2 is 1.70 bits per heavy atom. The van der Waals surface area contributed by atoms with Crippen molar-refractivity contribution >= 4 is 29.4 Å².